The Morgan fingerprint density at radius 2 is 1.84 bits per heavy atom. The molecule has 4 rings (SSSR count). The third-order valence-corrected chi connectivity index (χ3v) is 8.97. The minimum atomic E-state index is -1.33. The van der Waals surface area contributed by atoms with E-state index in [1.165, 1.54) is 0 Å². The number of nitrogens with one attached hydrogen (secondary N) is 2. The Morgan fingerprint density at radius 3 is 2.47 bits per heavy atom. The fraction of sp³-hybridized carbons (Fsp3) is 0.364. The molecule has 1 heterocycles. The van der Waals surface area contributed by atoms with Gasteiger partial charge in [-0.05, 0) is 54.1 Å². The molecule has 2 N–H and O–H groups in total. The van der Waals surface area contributed by atoms with Crippen LogP contribution in [0.1, 0.15) is 28.3 Å². The van der Waals surface area contributed by atoms with Gasteiger partial charge in [0, 0.05) is 40.0 Å². The SMILES string of the molecule is O=CC1(CNc2ccc(Cl)c(C(=O)NC3CCSC3)c2)C(c2cc(Cl)cc(Cl)c2)C1(Cl)Cl. The summed E-state index contributed by atoms with van der Waals surface area (Å²) in [5.74, 6) is 1.21. The summed E-state index contributed by atoms with van der Waals surface area (Å²) in [5, 5.41) is 7.43. The number of alkyl halides is 2. The second-order valence-corrected chi connectivity index (χ2v) is 11.8. The smallest absolute Gasteiger partial charge is 0.253 e. The normalized spacial score (nSPS) is 25.9. The number of thioether (sulfide) groups is 1. The third kappa shape index (κ3) is 4.57. The van der Waals surface area contributed by atoms with E-state index in [9.17, 15) is 9.59 Å². The molecular weight excluding hydrogens is 534 g/mol. The quantitative estimate of drug-likeness (QED) is 0.306. The molecule has 3 atom stereocenters. The van der Waals surface area contributed by atoms with E-state index in [1.54, 1.807) is 36.4 Å². The van der Waals surface area contributed by atoms with E-state index >= 15 is 0 Å². The Kier molecular flexibility index (Phi) is 7.17. The highest BCUT2D eigenvalue weighted by Crippen LogP contribution is 2.73. The van der Waals surface area contributed by atoms with Crippen molar-refractivity contribution < 1.29 is 9.59 Å². The van der Waals surface area contributed by atoms with Crippen LogP contribution in [0.4, 0.5) is 5.69 Å². The number of carbonyl (C=O) groups excluding carboxylic acids is 2. The van der Waals surface area contributed by atoms with Crippen molar-refractivity contribution in [3.63, 3.8) is 0 Å². The van der Waals surface area contributed by atoms with Crippen molar-refractivity contribution in [1.29, 1.82) is 0 Å². The molecule has 1 aliphatic heterocycles. The lowest BCUT2D eigenvalue weighted by atomic mass is 10.00. The molecule has 0 aromatic heterocycles. The predicted octanol–water partition coefficient (Wildman–Crippen LogP) is 6.45. The van der Waals surface area contributed by atoms with Crippen LogP contribution in [-0.4, -0.2) is 40.6 Å². The molecule has 0 spiro atoms. The van der Waals surface area contributed by atoms with Crippen molar-refractivity contribution in [2.24, 2.45) is 5.41 Å². The van der Waals surface area contributed by atoms with Gasteiger partial charge in [-0.15, -0.1) is 0 Å². The van der Waals surface area contributed by atoms with Crippen molar-refractivity contribution in [3.05, 3.63) is 62.6 Å². The molecule has 2 fully saturated rings. The molecular formula is C22H19Cl5N2O2S. The lowest BCUT2D eigenvalue weighted by Gasteiger charge is -2.16. The third-order valence-electron chi connectivity index (χ3n) is 5.90. The van der Waals surface area contributed by atoms with E-state index in [-0.39, 0.29) is 18.5 Å². The molecule has 32 heavy (non-hydrogen) atoms. The summed E-state index contributed by atoms with van der Waals surface area (Å²) >= 11 is 33.4. The maximum absolute atomic E-state index is 12.7. The van der Waals surface area contributed by atoms with Gasteiger partial charge in [-0.3, -0.25) is 4.79 Å². The van der Waals surface area contributed by atoms with Crippen LogP contribution in [0.2, 0.25) is 15.1 Å². The van der Waals surface area contributed by atoms with Crippen LogP contribution in [-0.2, 0) is 4.79 Å². The highest BCUT2D eigenvalue weighted by molar-refractivity contribution is 7.99. The molecule has 0 bridgehead atoms. The van der Waals surface area contributed by atoms with E-state index in [0.29, 0.717) is 31.9 Å². The minimum Gasteiger partial charge on any atom is -0.384 e. The molecule has 2 aromatic rings. The minimum absolute atomic E-state index is 0.142. The number of aldehydes is 1. The predicted molar refractivity (Wildman–Crippen MR) is 135 cm³/mol. The van der Waals surface area contributed by atoms with Crippen LogP contribution < -0.4 is 10.6 Å². The van der Waals surface area contributed by atoms with Gasteiger partial charge in [0.1, 0.15) is 10.6 Å². The summed E-state index contributed by atoms with van der Waals surface area (Å²) in [5.41, 5.74) is 0.589. The Balaban J connectivity index is 1.52. The fourth-order valence-electron chi connectivity index (χ4n) is 4.10. The Bertz CT molecular complexity index is 1040. The highest BCUT2D eigenvalue weighted by Gasteiger charge is 2.76. The first-order valence-corrected chi connectivity index (χ1v) is 12.9. The van der Waals surface area contributed by atoms with Crippen LogP contribution in [0, 0.1) is 5.41 Å². The van der Waals surface area contributed by atoms with Crippen molar-refractivity contribution in [2.75, 3.05) is 23.4 Å². The first kappa shape index (κ1) is 24.3. The number of halogens is 5. The second-order valence-electron chi connectivity index (χ2n) is 8.00. The Morgan fingerprint density at radius 1 is 1.12 bits per heavy atom. The maximum atomic E-state index is 12.7. The number of hydrogen-bond acceptors (Lipinski definition) is 4. The number of anilines is 1. The molecule has 170 valence electrons. The molecule has 2 aliphatic rings. The summed E-state index contributed by atoms with van der Waals surface area (Å²) in [6, 6.07) is 10.2. The summed E-state index contributed by atoms with van der Waals surface area (Å²) in [6.45, 7) is 0.153. The second kappa shape index (κ2) is 9.44. The average Bonchev–Trinajstić information content (AvgIpc) is 3.02. The molecule has 1 saturated heterocycles. The van der Waals surface area contributed by atoms with Gasteiger partial charge in [0.15, 0.2) is 0 Å². The fourth-order valence-corrected chi connectivity index (χ4v) is 6.97. The van der Waals surface area contributed by atoms with E-state index in [0.717, 1.165) is 24.2 Å². The Hall–Kier alpha value is -0.820. The van der Waals surface area contributed by atoms with Gasteiger partial charge in [0.2, 0.25) is 0 Å². The molecule has 4 nitrogen and oxygen atoms in total. The van der Waals surface area contributed by atoms with Crippen LogP contribution in [0.5, 0.6) is 0 Å². The lowest BCUT2D eigenvalue weighted by molar-refractivity contribution is -0.112. The summed E-state index contributed by atoms with van der Waals surface area (Å²) in [4.78, 5) is 24.8. The van der Waals surface area contributed by atoms with Crippen molar-refractivity contribution in [2.45, 2.75) is 22.7 Å². The Labute approximate surface area is 215 Å². The van der Waals surface area contributed by atoms with Gasteiger partial charge in [-0.25, -0.2) is 0 Å². The molecule has 1 amide bonds. The van der Waals surface area contributed by atoms with E-state index in [1.807, 2.05) is 11.8 Å². The number of hydrogen-bond donors (Lipinski definition) is 2. The zero-order valence-corrected chi connectivity index (χ0v) is 21.2. The van der Waals surface area contributed by atoms with Crippen LogP contribution in [0.25, 0.3) is 0 Å². The number of rotatable bonds is 7. The summed E-state index contributed by atoms with van der Waals surface area (Å²) < 4.78 is -1.33. The number of amides is 1. The zero-order chi connectivity index (χ0) is 23.1. The number of benzene rings is 2. The molecule has 1 aliphatic carbocycles. The van der Waals surface area contributed by atoms with E-state index < -0.39 is 15.7 Å². The van der Waals surface area contributed by atoms with Gasteiger partial charge in [0.05, 0.1) is 16.0 Å². The van der Waals surface area contributed by atoms with Crippen LogP contribution in [0.15, 0.2) is 36.4 Å². The van der Waals surface area contributed by atoms with Gasteiger partial charge in [-0.2, -0.15) is 11.8 Å². The van der Waals surface area contributed by atoms with Crippen LogP contribution >= 0.6 is 69.8 Å². The first-order valence-electron chi connectivity index (χ1n) is 9.90. The van der Waals surface area contributed by atoms with Crippen molar-refractivity contribution >= 4 is 87.6 Å². The highest BCUT2D eigenvalue weighted by atomic mass is 35.5. The lowest BCUT2D eigenvalue weighted by Crippen LogP contribution is -2.34. The van der Waals surface area contributed by atoms with Gasteiger partial charge < -0.3 is 15.4 Å². The zero-order valence-electron chi connectivity index (χ0n) is 16.6. The van der Waals surface area contributed by atoms with Crippen molar-refractivity contribution in [3.8, 4) is 0 Å². The average molecular weight is 553 g/mol. The monoisotopic (exact) mass is 550 g/mol. The molecule has 1 saturated carbocycles. The molecule has 10 heteroatoms. The van der Waals surface area contributed by atoms with Gasteiger partial charge >= 0.3 is 0 Å². The first-order chi connectivity index (χ1) is 15.2. The molecule has 0 radical (unpaired) electrons. The van der Waals surface area contributed by atoms with Gasteiger partial charge in [0.25, 0.3) is 5.91 Å². The molecule has 2 aromatic carbocycles. The maximum Gasteiger partial charge on any atom is 0.253 e. The topological polar surface area (TPSA) is 58.2 Å². The summed E-state index contributed by atoms with van der Waals surface area (Å²) in [7, 11) is 0. The number of carbonyl (C=O) groups is 2. The van der Waals surface area contributed by atoms with Gasteiger partial charge in [-0.1, -0.05) is 58.0 Å². The van der Waals surface area contributed by atoms with Crippen LogP contribution in [0.3, 0.4) is 0 Å². The largest absolute Gasteiger partial charge is 0.384 e. The van der Waals surface area contributed by atoms with Crippen molar-refractivity contribution in [1.82, 2.24) is 5.32 Å². The summed E-state index contributed by atoms with van der Waals surface area (Å²) in [6.07, 6.45) is 1.71. The van der Waals surface area contributed by atoms with E-state index in [4.69, 9.17) is 58.0 Å². The standard InChI is InChI=1S/C22H19Cl5N2O2S/c23-13-5-12(6-14(24)7-13)19-21(11-30,22(19,26)27)10-28-15-1-2-18(25)17(8-15)20(31)29-16-3-4-32-9-16/h1-2,5-8,11,16,19,28H,3-4,9-10H2,(H,29,31). The molecule has 3 unspecified atom stereocenters. The van der Waals surface area contributed by atoms with E-state index in [2.05, 4.69) is 10.6 Å².